The highest BCUT2D eigenvalue weighted by Crippen LogP contribution is 2.59. The van der Waals surface area contributed by atoms with Crippen LogP contribution in [0.1, 0.15) is 23.5 Å². The molecule has 2 saturated heterocycles. The number of aliphatic hydroxyl groups excluding tert-OH is 3. The van der Waals surface area contributed by atoms with Gasteiger partial charge in [-0.3, -0.25) is 18.8 Å². The number of nitrogen functional groups attached to an aromatic ring is 2. The summed E-state index contributed by atoms with van der Waals surface area (Å²) in [6, 6.07) is 0. The van der Waals surface area contributed by atoms with Crippen LogP contribution in [0, 0.1) is 0 Å². The summed E-state index contributed by atoms with van der Waals surface area (Å²) < 4.78 is 32.9. The fourth-order valence-electron chi connectivity index (χ4n) is 4.72. The molecule has 0 saturated carbocycles. The molecule has 4 aromatic heterocycles. The van der Waals surface area contributed by atoms with E-state index in [0.717, 1.165) is 11.8 Å². The van der Waals surface area contributed by atoms with Crippen molar-refractivity contribution >= 4 is 59.5 Å². The van der Waals surface area contributed by atoms with Crippen molar-refractivity contribution in [1.29, 1.82) is 0 Å². The maximum absolute atomic E-state index is 13.3. The maximum atomic E-state index is 13.3. The first-order valence-corrected chi connectivity index (χ1v) is 15.7. The molecule has 0 aliphatic carbocycles. The van der Waals surface area contributed by atoms with Gasteiger partial charge in [-0.1, -0.05) is 17.5 Å². The number of thiol groups is 1. The van der Waals surface area contributed by atoms with Gasteiger partial charge in [-0.05, 0) is 0 Å². The van der Waals surface area contributed by atoms with Crippen LogP contribution in [0.4, 0.5) is 11.9 Å². The van der Waals surface area contributed by atoms with Gasteiger partial charge < -0.3 is 31.5 Å². The van der Waals surface area contributed by atoms with E-state index in [4.69, 9.17) is 25.3 Å². The van der Waals surface area contributed by atoms with Crippen molar-refractivity contribution in [2.45, 2.75) is 47.6 Å². The number of anilines is 2. The highest BCUT2D eigenvalue weighted by atomic mass is 32.7. The number of nitrogens with two attached hydrogens (primary N) is 2. The predicted octanol–water partition coefficient (Wildman–Crippen LogP) is -1.59. The lowest BCUT2D eigenvalue weighted by atomic mass is 10.1. The second-order valence-electron chi connectivity index (χ2n) is 9.26. The highest BCUT2D eigenvalue weighted by molar-refractivity contribution is 8.44. The van der Waals surface area contributed by atoms with Crippen LogP contribution in [0.5, 0.6) is 0 Å². The number of nitrogens with zero attached hydrogens (tertiary/aromatic N) is 8. The van der Waals surface area contributed by atoms with E-state index in [1.54, 1.807) is 0 Å². The SMILES string of the molecule is Nc1nc2c(nnn2[C@@H]2S[C@H](CO)[C@@H](O)[C@H]2OP(=O)(S)OC[C@H]2O[C@@H](c3cnn4c(N)ncnc34)C[C@@H]2O)c(=O)[nH]1. The average molecular weight is 630 g/mol. The lowest BCUT2D eigenvalue weighted by Crippen LogP contribution is -2.35. The van der Waals surface area contributed by atoms with Crippen LogP contribution in [0.3, 0.4) is 0 Å². The Labute approximate surface area is 238 Å². The zero-order valence-electron chi connectivity index (χ0n) is 20.7. The van der Waals surface area contributed by atoms with E-state index >= 15 is 0 Å². The van der Waals surface area contributed by atoms with Gasteiger partial charge in [-0.2, -0.15) is 14.6 Å². The van der Waals surface area contributed by atoms with Crippen molar-refractivity contribution in [2.75, 3.05) is 24.7 Å². The summed E-state index contributed by atoms with van der Waals surface area (Å²) in [4.78, 5) is 26.6. The molecule has 6 rings (SSSR count). The summed E-state index contributed by atoms with van der Waals surface area (Å²) >= 11 is 5.10. The zero-order valence-corrected chi connectivity index (χ0v) is 23.3. The van der Waals surface area contributed by atoms with Crippen molar-refractivity contribution in [3.05, 3.63) is 28.4 Å². The first-order chi connectivity index (χ1) is 19.6. The van der Waals surface area contributed by atoms with E-state index in [1.165, 1.54) is 21.7 Å². The average Bonchev–Trinajstić information content (AvgIpc) is 3.69. The molecule has 6 heterocycles. The van der Waals surface area contributed by atoms with Gasteiger partial charge in [0.1, 0.15) is 23.9 Å². The monoisotopic (exact) mass is 629 g/mol. The molecule has 0 spiro atoms. The van der Waals surface area contributed by atoms with Gasteiger partial charge in [0.2, 0.25) is 11.9 Å². The molecular formula is C19H24N11O8PS2. The Kier molecular flexibility index (Phi) is 7.41. The molecule has 2 aliphatic heterocycles. The molecule has 0 bridgehead atoms. The second kappa shape index (κ2) is 10.7. The summed E-state index contributed by atoms with van der Waals surface area (Å²) in [5.74, 6) is -0.0609. The standard InChI is InChI=1S/C19H24N11O8PS2/c20-18-25-15-11(16(34)26-18)27-28-29(15)17-13(12(33)10(3-31)41-17)38-39(35,40)36-4-9-7(32)1-8(37-9)6-2-24-30-14(6)22-5-23-19(30)21/h2,5,7-10,12-13,17,31-33H,1,3-4H2,(H,35,40)(H2,21,22,23)(H3,20,25,26,34)/t7-,8+,9+,10+,12+,13+,17+,39?/m0/s1. The van der Waals surface area contributed by atoms with Crippen molar-refractivity contribution < 1.29 is 33.7 Å². The van der Waals surface area contributed by atoms with E-state index in [2.05, 4.69) is 47.6 Å². The van der Waals surface area contributed by atoms with Crippen LogP contribution < -0.4 is 17.0 Å². The van der Waals surface area contributed by atoms with E-state index < -0.39 is 60.1 Å². The van der Waals surface area contributed by atoms with E-state index in [0.29, 0.717) is 11.2 Å². The Hall–Kier alpha value is -2.88. The molecule has 22 heteroatoms. The number of thioether (sulfide) groups is 1. The molecule has 2 aliphatic rings. The first kappa shape index (κ1) is 28.2. The topological polar surface area (TPSA) is 277 Å². The summed E-state index contributed by atoms with van der Waals surface area (Å²) in [5.41, 5.74) is 11.7. The molecule has 0 aromatic carbocycles. The molecule has 2 fully saturated rings. The molecule has 0 amide bonds. The molecule has 41 heavy (non-hydrogen) atoms. The molecule has 8 atom stereocenters. The molecule has 4 aromatic rings. The van der Waals surface area contributed by atoms with Gasteiger partial charge in [-0.25, -0.2) is 19.2 Å². The molecule has 19 nitrogen and oxygen atoms in total. The number of ether oxygens (including phenoxy) is 1. The smallest absolute Gasteiger partial charge is 0.386 e. The maximum Gasteiger partial charge on any atom is 0.386 e. The van der Waals surface area contributed by atoms with Gasteiger partial charge in [0.05, 0.1) is 43.0 Å². The lowest BCUT2D eigenvalue weighted by molar-refractivity contribution is -0.0250. The van der Waals surface area contributed by atoms with Crippen LogP contribution >= 0.6 is 30.8 Å². The van der Waals surface area contributed by atoms with E-state index in [1.807, 2.05) is 0 Å². The Morgan fingerprint density at radius 2 is 2.10 bits per heavy atom. The van der Waals surface area contributed by atoms with Gasteiger partial charge in [0, 0.05) is 12.0 Å². The molecule has 8 N–H and O–H groups in total. The minimum atomic E-state index is -4.22. The van der Waals surface area contributed by atoms with Crippen LogP contribution in [0.25, 0.3) is 16.8 Å². The predicted molar refractivity (Wildman–Crippen MR) is 145 cm³/mol. The minimum absolute atomic E-state index is 0.00806. The van der Waals surface area contributed by atoms with Crippen molar-refractivity contribution in [3.63, 3.8) is 0 Å². The highest BCUT2D eigenvalue weighted by Gasteiger charge is 2.49. The second-order valence-corrected chi connectivity index (χ2v) is 13.5. The number of hydrogen-bond acceptors (Lipinski definition) is 17. The van der Waals surface area contributed by atoms with Crippen LogP contribution in [-0.2, 0) is 18.3 Å². The van der Waals surface area contributed by atoms with Gasteiger partial charge >= 0.3 is 6.80 Å². The third kappa shape index (κ3) is 5.17. The lowest BCUT2D eigenvalue weighted by Gasteiger charge is -2.25. The Morgan fingerprint density at radius 3 is 2.88 bits per heavy atom. The number of aliphatic hydroxyl groups is 3. The Balaban J connectivity index is 1.17. The number of fused-ring (bicyclic) bond motifs is 2. The van der Waals surface area contributed by atoms with Gasteiger partial charge in [0.25, 0.3) is 5.56 Å². The molecule has 1 unspecified atom stereocenters. The van der Waals surface area contributed by atoms with Crippen LogP contribution in [0.2, 0.25) is 0 Å². The number of nitrogens with one attached hydrogen (secondary N) is 1. The third-order valence-corrected chi connectivity index (χ3v) is 9.81. The fraction of sp³-hybridized carbons (Fsp3) is 0.526. The number of hydrogen-bond donors (Lipinski definition) is 7. The largest absolute Gasteiger partial charge is 0.395 e. The minimum Gasteiger partial charge on any atom is -0.395 e. The summed E-state index contributed by atoms with van der Waals surface area (Å²) in [6.07, 6.45) is -2.21. The van der Waals surface area contributed by atoms with Crippen molar-refractivity contribution in [2.24, 2.45) is 0 Å². The van der Waals surface area contributed by atoms with Crippen LogP contribution in [0.15, 0.2) is 17.3 Å². The van der Waals surface area contributed by atoms with Crippen LogP contribution in [-0.4, -0.2) is 103 Å². The number of rotatable bonds is 8. The fourth-order valence-corrected chi connectivity index (χ4v) is 7.66. The summed E-state index contributed by atoms with van der Waals surface area (Å²) in [5, 5.41) is 41.4. The van der Waals surface area contributed by atoms with E-state index in [-0.39, 0.29) is 36.1 Å². The normalized spacial score (nSPS) is 29.9. The van der Waals surface area contributed by atoms with Gasteiger partial charge in [0.15, 0.2) is 16.8 Å². The third-order valence-electron chi connectivity index (χ3n) is 6.67. The number of H-pyrrole nitrogens is 1. The molecule has 0 radical (unpaired) electrons. The summed E-state index contributed by atoms with van der Waals surface area (Å²) in [7, 11) is 0. The Morgan fingerprint density at radius 1 is 1.29 bits per heavy atom. The quantitative estimate of drug-likeness (QED) is 0.0854. The van der Waals surface area contributed by atoms with E-state index in [9.17, 15) is 24.7 Å². The summed E-state index contributed by atoms with van der Waals surface area (Å²) in [6.45, 7) is -5.05. The van der Waals surface area contributed by atoms with Crippen molar-refractivity contribution in [3.8, 4) is 0 Å². The number of aromatic nitrogens is 9. The van der Waals surface area contributed by atoms with Gasteiger partial charge in [-0.15, -0.1) is 16.9 Å². The van der Waals surface area contributed by atoms with Crippen molar-refractivity contribution in [1.82, 2.24) is 44.5 Å². The number of aromatic amines is 1. The zero-order chi connectivity index (χ0) is 29.1. The molecular weight excluding hydrogens is 605 g/mol. The Bertz CT molecular complexity index is 1700. The molecule has 220 valence electrons. The first-order valence-electron chi connectivity index (χ1n) is 12.0.